The van der Waals surface area contributed by atoms with Crippen LogP contribution >= 0.6 is 11.6 Å². The van der Waals surface area contributed by atoms with Crippen molar-refractivity contribution in [2.75, 3.05) is 26.2 Å². The first kappa shape index (κ1) is 16.0. The zero-order valence-corrected chi connectivity index (χ0v) is 13.8. The average molecular weight is 333 g/mol. The SMILES string of the molecule is O=C1CN(CCCn2ccnc2)CCN1Cc1ccc(Cl)cc1. The van der Waals surface area contributed by atoms with Gasteiger partial charge in [-0.2, -0.15) is 0 Å². The molecule has 1 aromatic carbocycles. The molecule has 1 aliphatic heterocycles. The van der Waals surface area contributed by atoms with Crippen molar-refractivity contribution in [1.29, 1.82) is 0 Å². The normalized spacial score (nSPS) is 16.0. The average Bonchev–Trinajstić information content (AvgIpc) is 3.05. The summed E-state index contributed by atoms with van der Waals surface area (Å²) in [6, 6.07) is 7.70. The lowest BCUT2D eigenvalue weighted by molar-refractivity contribution is -0.136. The Morgan fingerprint density at radius 3 is 2.65 bits per heavy atom. The Labute approximate surface area is 141 Å². The first-order valence-electron chi connectivity index (χ1n) is 7.91. The lowest BCUT2D eigenvalue weighted by Crippen LogP contribution is -2.50. The highest BCUT2D eigenvalue weighted by atomic mass is 35.5. The van der Waals surface area contributed by atoms with Crippen LogP contribution in [0.5, 0.6) is 0 Å². The highest BCUT2D eigenvalue weighted by molar-refractivity contribution is 6.30. The van der Waals surface area contributed by atoms with Crippen LogP contribution in [0.4, 0.5) is 0 Å². The summed E-state index contributed by atoms with van der Waals surface area (Å²) < 4.78 is 2.07. The smallest absolute Gasteiger partial charge is 0.237 e. The fraction of sp³-hybridized carbons (Fsp3) is 0.412. The second-order valence-corrected chi connectivity index (χ2v) is 6.31. The summed E-state index contributed by atoms with van der Waals surface area (Å²) in [5, 5.41) is 0.725. The Hall–Kier alpha value is -1.85. The van der Waals surface area contributed by atoms with Crippen LogP contribution in [0, 0.1) is 0 Å². The van der Waals surface area contributed by atoms with Gasteiger partial charge in [0, 0.05) is 50.1 Å². The van der Waals surface area contributed by atoms with E-state index in [4.69, 9.17) is 11.6 Å². The highest BCUT2D eigenvalue weighted by Gasteiger charge is 2.23. The monoisotopic (exact) mass is 332 g/mol. The largest absolute Gasteiger partial charge is 0.337 e. The van der Waals surface area contributed by atoms with E-state index in [2.05, 4.69) is 14.5 Å². The molecule has 1 fully saturated rings. The number of halogens is 1. The van der Waals surface area contributed by atoms with Crippen LogP contribution in [0.3, 0.4) is 0 Å². The molecule has 23 heavy (non-hydrogen) atoms. The van der Waals surface area contributed by atoms with Crippen molar-refractivity contribution in [3.8, 4) is 0 Å². The minimum absolute atomic E-state index is 0.203. The van der Waals surface area contributed by atoms with Crippen LogP contribution in [0.25, 0.3) is 0 Å². The molecule has 3 rings (SSSR count). The van der Waals surface area contributed by atoms with E-state index in [1.165, 1.54) is 0 Å². The number of aryl methyl sites for hydroxylation is 1. The van der Waals surface area contributed by atoms with Crippen molar-refractivity contribution < 1.29 is 4.79 Å². The summed E-state index contributed by atoms with van der Waals surface area (Å²) in [5.74, 6) is 0.203. The molecule has 6 heteroatoms. The number of benzene rings is 1. The molecule has 0 radical (unpaired) electrons. The molecule has 2 aromatic rings. The van der Waals surface area contributed by atoms with Gasteiger partial charge in [-0.05, 0) is 24.1 Å². The van der Waals surface area contributed by atoms with Crippen molar-refractivity contribution in [1.82, 2.24) is 19.4 Å². The van der Waals surface area contributed by atoms with Crippen LogP contribution in [-0.2, 0) is 17.9 Å². The third-order valence-electron chi connectivity index (χ3n) is 4.13. The molecular formula is C17H21ClN4O. The van der Waals surface area contributed by atoms with Gasteiger partial charge < -0.3 is 9.47 Å². The number of hydrogen-bond acceptors (Lipinski definition) is 3. The minimum atomic E-state index is 0.203. The molecule has 0 saturated carbocycles. The number of rotatable bonds is 6. The summed E-state index contributed by atoms with van der Waals surface area (Å²) in [6.45, 7) is 4.78. The Morgan fingerprint density at radius 2 is 1.96 bits per heavy atom. The Balaban J connectivity index is 1.43. The maximum Gasteiger partial charge on any atom is 0.237 e. The number of amides is 1. The summed E-state index contributed by atoms with van der Waals surface area (Å²) in [5.41, 5.74) is 1.12. The maximum absolute atomic E-state index is 12.3. The van der Waals surface area contributed by atoms with Gasteiger partial charge in [0.1, 0.15) is 0 Å². The molecule has 0 aliphatic carbocycles. The minimum Gasteiger partial charge on any atom is -0.337 e. The van der Waals surface area contributed by atoms with Crippen molar-refractivity contribution in [2.45, 2.75) is 19.5 Å². The van der Waals surface area contributed by atoms with Crippen molar-refractivity contribution >= 4 is 17.5 Å². The molecule has 122 valence electrons. The first-order valence-corrected chi connectivity index (χ1v) is 8.29. The quantitative estimate of drug-likeness (QED) is 0.815. The lowest BCUT2D eigenvalue weighted by Gasteiger charge is -2.34. The third kappa shape index (κ3) is 4.56. The van der Waals surface area contributed by atoms with Gasteiger partial charge in [-0.3, -0.25) is 9.69 Å². The van der Waals surface area contributed by atoms with Crippen LogP contribution in [-0.4, -0.2) is 51.4 Å². The van der Waals surface area contributed by atoms with Crippen LogP contribution < -0.4 is 0 Å². The number of piperazine rings is 1. The van der Waals surface area contributed by atoms with E-state index in [9.17, 15) is 4.79 Å². The zero-order chi connectivity index (χ0) is 16.1. The van der Waals surface area contributed by atoms with Gasteiger partial charge in [-0.1, -0.05) is 23.7 Å². The summed E-state index contributed by atoms with van der Waals surface area (Å²) >= 11 is 5.89. The van der Waals surface area contributed by atoms with Gasteiger partial charge in [0.05, 0.1) is 12.9 Å². The first-order chi connectivity index (χ1) is 11.2. The second kappa shape index (κ2) is 7.62. The predicted octanol–water partition coefficient (Wildman–Crippen LogP) is 2.27. The molecule has 0 atom stereocenters. The van der Waals surface area contributed by atoms with E-state index in [-0.39, 0.29) is 5.91 Å². The predicted molar refractivity (Wildman–Crippen MR) is 90.2 cm³/mol. The van der Waals surface area contributed by atoms with Crippen LogP contribution in [0.15, 0.2) is 43.0 Å². The number of imidazole rings is 1. The molecule has 0 N–H and O–H groups in total. The van der Waals surface area contributed by atoms with Gasteiger partial charge >= 0.3 is 0 Å². The zero-order valence-electron chi connectivity index (χ0n) is 13.1. The van der Waals surface area contributed by atoms with E-state index < -0.39 is 0 Å². The van der Waals surface area contributed by atoms with Crippen molar-refractivity contribution in [3.05, 3.63) is 53.6 Å². The molecule has 2 heterocycles. The van der Waals surface area contributed by atoms with E-state index in [1.54, 1.807) is 6.20 Å². The standard InChI is InChI=1S/C17H21ClN4O/c18-16-4-2-15(3-5-16)12-22-11-10-20(13-17(22)23)7-1-8-21-9-6-19-14-21/h2-6,9,14H,1,7-8,10-13H2. The molecule has 1 aromatic heterocycles. The highest BCUT2D eigenvalue weighted by Crippen LogP contribution is 2.13. The number of carbonyl (C=O) groups excluding carboxylic acids is 1. The van der Waals surface area contributed by atoms with Gasteiger partial charge in [-0.25, -0.2) is 4.98 Å². The Bertz CT molecular complexity index is 627. The molecular weight excluding hydrogens is 312 g/mol. The van der Waals surface area contributed by atoms with E-state index >= 15 is 0 Å². The molecule has 1 amide bonds. The van der Waals surface area contributed by atoms with Gasteiger partial charge in [0.25, 0.3) is 0 Å². The Morgan fingerprint density at radius 1 is 1.13 bits per heavy atom. The van der Waals surface area contributed by atoms with Gasteiger partial charge in [-0.15, -0.1) is 0 Å². The van der Waals surface area contributed by atoms with Crippen molar-refractivity contribution in [3.63, 3.8) is 0 Å². The van der Waals surface area contributed by atoms with E-state index in [0.717, 1.165) is 43.2 Å². The topological polar surface area (TPSA) is 41.4 Å². The number of carbonyl (C=O) groups is 1. The molecule has 1 aliphatic rings. The second-order valence-electron chi connectivity index (χ2n) is 5.87. The summed E-state index contributed by atoms with van der Waals surface area (Å²) in [4.78, 5) is 20.5. The lowest BCUT2D eigenvalue weighted by atomic mass is 10.2. The molecule has 0 unspecified atom stereocenters. The maximum atomic E-state index is 12.3. The number of nitrogens with zero attached hydrogens (tertiary/aromatic N) is 4. The molecule has 5 nitrogen and oxygen atoms in total. The van der Waals surface area contributed by atoms with E-state index in [0.29, 0.717) is 13.1 Å². The molecule has 1 saturated heterocycles. The van der Waals surface area contributed by atoms with Crippen LogP contribution in [0.1, 0.15) is 12.0 Å². The number of aromatic nitrogens is 2. The Kier molecular flexibility index (Phi) is 5.31. The summed E-state index contributed by atoms with van der Waals surface area (Å²) in [7, 11) is 0. The third-order valence-corrected chi connectivity index (χ3v) is 4.39. The van der Waals surface area contributed by atoms with Gasteiger partial charge in [0.2, 0.25) is 5.91 Å². The summed E-state index contributed by atoms with van der Waals surface area (Å²) in [6.07, 6.45) is 6.62. The number of hydrogen-bond donors (Lipinski definition) is 0. The fourth-order valence-corrected chi connectivity index (χ4v) is 2.95. The fourth-order valence-electron chi connectivity index (χ4n) is 2.82. The van der Waals surface area contributed by atoms with Gasteiger partial charge in [0.15, 0.2) is 0 Å². The molecule has 0 bridgehead atoms. The van der Waals surface area contributed by atoms with Crippen molar-refractivity contribution in [2.24, 2.45) is 0 Å². The van der Waals surface area contributed by atoms with Crippen LogP contribution in [0.2, 0.25) is 5.02 Å². The molecule has 0 spiro atoms. The van der Waals surface area contributed by atoms with E-state index in [1.807, 2.05) is 41.7 Å².